The van der Waals surface area contributed by atoms with E-state index in [0.29, 0.717) is 12.2 Å². The van der Waals surface area contributed by atoms with Gasteiger partial charge in [0.1, 0.15) is 0 Å². The maximum Gasteiger partial charge on any atom is 0.179 e. The lowest BCUT2D eigenvalue weighted by Crippen LogP contribution is -2.28. The predicted octanol–water partition coefficient (Wildman–Crippen LogP) is 6.17. The van der Waals surface area contributed by atoms with E-state index in [0.717, 1.165) is 44.7 Å². The molecule has 1 heterocycles. The molecule has 3 aromatic carbocycles. The van der Waals surface area contributed by atoms with Crippen molar-refractivity contribution >= 4 is 16.7 Å². The highest BCUT2D eigenvalue weighted by Crippen LogP contribution is 2.33. The first-order chi connectivity index (χ1) is 15.7. The Balaban J connectivity index is 1.46. The monoisotopic (exact) mass is 422 g/mol. The number of benzene rings is 3. The molecule has 32 heavy (non-hydrogen) atoms. The number of carbonyl (C=O) groups is 1. The van der Waals surface area contributed by atoms with Crippen LogP contribution in [0.25, 0.3) is 10.9 Å². The number of fused-ring (bicyclic) bond motifs is 3. The van der Waals surface area contributed by atoms with E-state index in [1.165, 1.54) is 33.2 Å². The average Bonchev–Trinajstić information content (AvgIpc) is 3.13. The van der Waals surface area contributed by atoms with Crippen molar-refractivity contribution in [2.75, 3.05) is 6.54 Å². The minimum atomic E-state index is 0.303. The zero-order valence-electron chi connectivity index (χ0n) is 18.8. The van der Waals surface area contributed by atoms with E-state index in [4.69, 9.17) is 0 Å². The Morgan fingerprint density at radius 2 is 1.50 bits per heavy atom. The lowest BCUT2D eigenvalue weighted by molar-refractivity contribution is 0.0962. The SMILES string of the molecule is Cc1ccc2c(c1)c1c(n2CCN(Cc2ccccc2)Cc2ccccc2)C(=O)CCC1. The topological polar surface area (TPSA) is 25.2 Å². The molecule has 3 nitrogen and oxygen atoms in total. The molecular weight excluding hydrogens is 392 g/mol. The third kappa shape index (κ3) is 4.26. The van der Waals surface area contributed by atoms with Gasteiger partial charge in [0.05, 0.1) is 5.69 Å². The molecule has 0 spiro atoms. The standard InChI is InChI=1S/C29H30N2O/c1-22-15-16-27-26(19-22)25-13-8-14-28(32)29(25)31(27)18-17-30(20-23-9-4-2-5-10-23)21-24-11-6-3-7-12-24/h2-7,9-12,15-16,19H,8,13-14,17-18,20-21H2,1H3. The summed E-state index contributed by atoms with van der Waals surface area (Å²) in [6.45, 7) is 5.63. The van der Waals surface area contributed by atoms with Crippen LogP contribution in [0.15, 0.2) is 78.9 Å². The Hall–Kier alpha value is -3.17. The van der Waals surface area contributed by atoms with Gasteiger partial charge in [-0.15, -0.1) is 0 Å². The van der Waals surface area contributed by atoms with E-state index >= 15 is 0 Å². The van der Waals surface area contributed by atoms with Gasteiger partial charge in [0.2, 0.25) is 0 Å². The molecular formula is C29H30N2O. The summed E-state index contributed by atoms with van der Waals surface area (Å²) in [6, 6.07) is 27.9. The number of carbonyl (C=O) groups excluding carboxylic acids is 1. The Morgan fingerprint density at radius 3 is 2.16 bits per heavy atom. The van der Waals surface area contributed by atoms with Crippen LogP contribution in [0, 0.1) is 6.92 Å². The molecule has 1 aliphatic rings. The van der Waals surface area contributed by atoms with Crippen molar-refractivity contribution in [1.29, 1.82) is 0 Å². The smallest absolute Gasteiger partial charge is 0.179 e. The Kier molecular flexibility index (Phi) is 5.91. The molecule has 0 fully saturated rings. The van der Waals surface area contributed by atoms with Crippen LogP contribution in [-0.4, -0.2) is 21.8 Å². The number of ketones is 1. The van der Waals surface area contributed by atoms with Crippen LogP contribution in [-0.2, 0) is 26.1 Å². The van der Waals surface area contributed by atoms with Gasteiger partial charge in [-0.05, 0) is 48.6 Å². The number of aryl methyl sites for hydroxylation is 2. The van der Waals surface area contributed by atoms with Crippen molar-refractivity contribution in [1.82, 2.24) is 9.47 Å². The van der Waals surface area contributed by atoms with E-state index in [1.54, 1.807) is 0 Å². The zero-order chi connectivity index (χ0) is 21.9. The predicted molar refractivity (Wildman–Crippen MR) is 131 cm³/mol. The molecule has 5 rings (SSSR count). The first-order valence-corrected chi connectivity index (χ1v) is 11.6. The molecule has 1 aliphatic carbocycles. The molecule has 0 saturated heterocycles. The Bertz CT molecular complexity index is 1180. The fraction of sp³-hybridized carbons (Fsp3) is 0.276. The molecule has 0 bridgehead atoms. The van der Waals surface area contributed by atoms with Crippen molar-refractivity contribution in [2.24, 2.45) is 0 Å². The lowest BCUT2D eigenvalue weighted by Gasteiger charge is -2.24. The van der Waals surface area contributed by atoms with Gasteiger partial charge in [-0.1, -0.05) is 72.3 Å². The van der Waals surface area contributed by atoms with Crippen LogP contribution < -0.4 is 0 Å². The highest BCUT2D eigenvalue weighted by molar-refractivity contribution is 6.04. The maximum atomic E-state index is 13.0. The van der Waals surface area contributed by atoms with E-state index in [-0.39, 0.29) is 0 Å². The highest BCUT2D eigenvalue weighted by atomic mass is 16.1. The molecule has 0 radical (unpaired) electrons. The van der Waals surface area contributed by atoms with Gasteiger partial charge in [0.25, 0.3) is 0 Å². The van der Waals surface area contributed by atoms with Gasteiger partial charge in [0.15, 0.2) is 5.78 Å². The van der Waals surface area contributed by atoms with Crippen molar-refractivity contribution in [3.8, 4) is 0 Å². The zero-order valence-corrected chi connectivity index (χ0v) is 18.8. The van der Waals surface area contributed by atoms with Crippen LogP contribution in [0.4, 0.5) is 0 Å². The second-order valence-corrected chi connectivity index (χ2v) is 8.96. The summed E-state index contributed by atoms with van der Waals surface area (Å²) in [5.74, 6) is 0.303. The third-order valence-electron chi connectivity index (χ3n) is 6.56. The summed E-state index contributed by atoms with van der Waals surface area (Å²) in [4.78, 5) is 15.4. The third-order valence-corrected chi connectivity index (χ3v) is 6.56. The summed E-state index contributed by atoms with van der Waals surface area (Å²) >= 11 is 0. The van der Waals surface area contributed by atoms with Gasteiger partial charge in [-0.2, -0.15) is 0 Å². The molecule has 0 atom stereocenters. The van der Waals surface area contributed by atoms with Crippen molar-refractivity contribution in [3.05, 3.63) is 107 Å². The molecule has 0 N–H and O–H groups in total. The minimum absolute atomic E-state index is 0.303. The Labute approximate surface area is 190 Å². The lowest BCUT2D eigenvalue weighted by atomic mass is 9.94. The van der Waals surface area contributed by atoms with Crippen molar-refractivity contribution in [2.45, 2.75) is 45.8 Å². The average molecular weight is 423 g/mol. The fourth-order valence-electron chi connectivity index (χ4n) is 5.02. The van der Waals surface area contributed by atoms with Gasteiger partial charge in [0, 0.05) is 43.5 Å². The number of hydrogen-bond donors (Lipinski definition) is 0. The van der Waals surface area contributed by atoms with E-state index in [9.17, 15) is 4.79 Å². The van der Waals surface area contributed by atoms with Gasteiger partial charge in [-0.25, -0.2) is 0 Å². The van der Waals surface area contributed by atoms with Gasteiger partial charge < -0.3 is 4.57 Å². The summed E-state index contributed by atoms with van der Waals surface area (Å²) in [6.07, 6.45) is 2.64. The molecule has 0 aliphatic heterocycles. The number of Topliss-reactive ketones (excluding diaryl/α,β-unsaturated/α-hetero) is 1. The summed E-state index contributed by atoms with van der Waals surface area (Å²) in [7, 11) is 0. The Morgan fingerprint density at radius 1 is 0.844 bits per heavy atom. The van der Waals surface area contributed by atoms with Crippen LogP contribution in [0.3, 0.4) is 0 Å². The molecule has 0 amide bonds. The maximum absolute atomic E-state index is 13.0. The molecule has 1 aromatic heterocycles. The van der Waals surface area contributed by atoms with Crippen molar-refractivity contribution < 1.29 is 4.79 Å². The normalized spacial score (nSPS) is 13.6. The van der Waals surface area contributed by atoms with Gasteiger partial charge in [-0.3, -0.25) is 9.69 Å². The minimum Gasteiger partial charge on any atom is -0.337 e. The first-order valence-electron chi connectivity index (χ1n) is 11.6. The largest absolute Gasteiger partial charge is 0.337 e. The van der Waals surface area contributed by atoms with Crippen LogP contribution in [0.1, 0.15) is 45.6 Å². The van der Waals surface area contributed by atoms with E-state index in [2.05, 4.69) is 95.3 Å². The molecule has 4 aromatic rings. The number of hydrogen-bond acceptors (Lipinski definition) is 2. The quantitative estimate of drug-likeness (QED) is 0.356. The molecule has 3 heteroatoms. The molecule has 0 unspecified atom stereocenters. The van der Waals surface area contributed by atoms with E-state index in [1.807, 2.05) is 0 Å². The van der Waals surface area contributed by atoms with Crippen LogP contribution in [0.2, 0.25) is 0 Å². The highest BCUT2D eigenvalue weighted by Gasteiger charge is 2.26. The number of rotatable bonds is 7. The fourth-order valence-corrected chi connectivity index (χ4v) is 5.02. The summed E-state index contributed by atoms with van der Waals surface area (Å²) in [5, 5.41) is 1.27. The van der Waals surface area contributed by atoms with E-state index < -0.39 is 0 Å². The summed E-state index contributed by atoms with van der Waals surface area (Å²) in [5.41, 5.74) is 7.30. The summed E-state index contributed by atoms with van der Waals surface area (Å²) < 4.78 is 2.30. The second-order valence-electron chi connectivity index (χ2n) is 8.96. The molecule has 0 saturated carbocycles. The second kappa shape index (κ2) is 9.13. The van der Waals surface area contributed by atoms with Crippen LogP contribution in [0.5, 0.6) is 0 Å². The number of nitrogens with zero attached hydrogens (tertiary/aromatic N) is 2. The van der Waals surface area contributed by atoms with Gasteiger partial charge >= 0.3 is 0 Å². The van der Waals surface area contributed by atoms with Crippen LogP contribution >= 0.6 is 0 Å². The molecule has 162 valence electrons. The van der Waals surface area contributed by atoms with Crippen molar-refractivity contribution in [3.63, 3.8) is 0 Å². The number of aromatic nitrogens is 1. The first kappa shape index (κ1) is 20.7.